The maximum Gasteiger partial charge on any atom is 0.330 e. The molecule has 312 valence electrons. The van der Waals surface area contributed by atoms with Gasteiger partial charge in [0.25, 0.3) is 0 Å². The predicted octanol–water partition coefficient (Wildman–Crippen LogP) is 0.144. The van der Waals surface area contributed by atoms with Gasteiger partial charge in [-0.25, -0.2) is 4.79 Å². The molecular weight excluding hydrogens is 718 g/mol. The summed E-state index contributed by atoms with van der Waals surface area (Å²) < 4.78 is 23.6. The van der Waals surface area contributed by atoms with Gasteiger partial charge < -0.3 is 66.2 Å². The van der Waals surface area contributed by atoms with Gasteiger partial charge in [-0.05, 0) is 65.7 Å². The van der Waals surface area contributed by atoms with E-state index in [2.05, 4.69) is 0 Å². The molecule has 0 radical (unpaired) electrons. The molecule has 2 bridgehead atoms. The molecule has 7 unspecified atom stereocenters. The maximum atomic E-state index is 12.5. The molecule has 0 spiro atoms. The van der Waals surface area contributed by atoms with Crippen molar-refractivity contribution in [3.63, 3.8) is 0 Å². The SMILES string of the molecule is CC1C/C=C/C=C/C=C/C=C/C(O[C@@H]2O[C@H](C)C(O)[C@H](N(CCCN)CCCN)[C@@H]2O)CC2OC(O)(C[C@@H](O)CC(O)C/C=C/C(=O)O1)C[C@H](O)C2C(=O)O. The lowest BCUT2D eigenvalue weighted by Crippen LogP contribution is -2.64. The van der Waals surface area contributed by atoms with Crippen LogP contribution in [0.1, 0.15) is 65.2 Å². The summed E-state index contributed by atoms with van der Waals surface area (Å²) in [4.78, 5) is 26.6. The van der Waals surface area contributed by atoms with Crippen molar-refractivity contribution in [3.8, 4) is 0 Å². The number of hydrogen-bond donors (Lipinski definition) is 9. The second-order valence-electron chi connectivity index (χ2n) is 14.6. The quantitative estimate of drug-likeness (QED) is 0.134. The fourth-order valence-corrected chi connectivity index (χ4v) is 7.15. The third-order valence-electron chi connectivity index (χ3n) is 9.87. The molecule has 0 aromatic heterocycles. The monoisotopic (exact) mass is 781 g/mol. The van der Waals surface area contributed by atoms with Crippen LogP contribution < -0.4 is 11.5 Å². The minimum Gasteiger partial charge on any atom is -0.481 e. The highest BCUT2D eigenvalue weighted by Crippen LogP contribution is 2.38. The van der Waals surface area contributed by atoms with Gasteiger partial charge in [0.2, 0.25) is 0 Å². The van der Waals surface area contributed by atoms with E-state index in [0.717, 1.165) is 0 Å². The van der Waals surface area contributed by atoms with Crippen molar-refractivity contribution in [2.45, 2.75) is 138 Å². The number of aliphatic hydroxyl groups is 6. The molecular formula is C39H63N3O13. The zero-order valence-corrected chi connectivity index (χ0v) is 31.9. The number of hydrogen-bond acceptors (Lipinski definition) is 15. The molecule has 13 atom stereocenters. The van der Waals surface area contributed by atoms with E-state index < -0.39 is 104 Å². The number of cyclic esters (lactones) is 1. The number of allylic oxidation sites excluding steroid dienone is 6. The van der Waals surface area contributed by atoms with Gasteiger partial charge in [-0.3, -0.25) is 9.69 Å². The van der Waals surface area contributed by atoms with Crippen LogP contribution in [0.15, 0.2) is 60.8 Å². The van der Waals surface area contributed by atoms with Crippen molar-refractivity contribution in [2.75, 3.05) is 26.2 Å². The number of ether oxygens (including phenoxy) is 4. The molecule has 0 aromatic carbocycles. The molecule has 0 saturated carbocycles. The van der Waals surface area contributed by atoms with E-state index in [0.29, 0.717) is 45.4 Å². The Labute approximate surface area is 323 Å². The van der Waals surface area contributed by atoms with Crippen molar-refractivity contribution in [1.29, 1.82) is 0 Å². The lowest BCUT2D eigenvalue weighted by atomic mass is 9.83. The number of carbonyl (C=O) groups excluding carboxylic acids is 1. The Morgan fingerprint density at radius 1 is 0.891 bits per heavy atom. The van der Waals surface area contributed by atoms with Gasteiger partial charge in [-0.1, -0.05) is 54.7 Å². The Balaban J connectivity index is 1.96. The van der Waals surface area contributed by atoms with Gasteiger partial charge >= 0.3 is 11.9 Å². The molecule has 2 saturated heterocycles. The molecule has 0 aliphatic carbocycles. The summed E-state index contributed by atoms with van der Waals surface area (Å²) in [6.45, 7) is 5.14. The second-order valence-corrected chi connectivity index (χ2v) is 14.6. The van der Waals surface area contributed by atoms with Crippen LogP contribution in [0.2, 0.25) is 0 Å². The zero-order chi connectivity index (χ0) is 40.5. The van der Waals surface area contributed by atoms with E-state index in [4.69, 9.17) is 30.4 Å². The molecule has 3 heterocycles. The summed E-state index contributed by atoms with van der Waals surface area (Å²) in [5.74, 6) is -5.67. The average Bonchev–Trinajstić information content (AvgIpc) is 3.09. The van der Waals surface area contributed by atoms with Crippen molar-refractivity contribution >= 4 is 11.9 Å². The normalized spacial score (nSPS) is 40.3. The summed E-state index contributed by atoms with van der Waals surface area (Å²) in [6, 6.07) is -0.810. The summed E-state index contributed by atoms with van der Waals surface area (Å²) in [6.07, 6.45) is 5.24. The lowest BCUT2D eigenvalue weighted by molar-refractivity contribution is -0.312. The number of esters is 1. The van der Waals surface area contributed by atoms with E-state index in [-0.39, 0.29) is 19.3 Å². The van der Waals surface area contributed by atoms with Gasteiger partial charge in [0.15, 0.2) is 12.1 Å². The van der Waals surface area contributed by atoms with Crippen LogP contribution in [0, 0.1) is 5.92 Å². The molecule has 55 heavy (non-hydrogen) atoms. The Kier molecular flexibility index (Phi) is 19.8. The van der Waals surface area contributed by atoms with Crippen LogP contribution >= 0.6 is 0 Å². The number of fused-ring (bicyclic) bond motifs is 2. The highest BCUT2D eigenvalue weighted by Gasteiger charge is 2.51. The fraction of sp³-hybridized carbons (Fsp3) is 0.692. The Bertz CT molecular complexity index is 1320. The first kappa shape index (κ1) is 46.5. The molecule has 11 N–H and O–H groups in total. The van der Waals surface area contributed by atoms with Crippen LogP contribution in [0.3, 0.4) is 0 Å². The van der Waals surface area contributed by atoms with Crippen molar-refractivity contribution in [2.24, 2.45) is 17.4 Å². The second kappa shape index (κ2) is 23.4. The highest BCUT2D eigenvalue weighted by molar-refractivity contribution is 5.82. The molecule has 0 aromatic rings. The van der Waals surface area contributed by atoms with Crippen LogP contribution in [-0.4, -0.2) is 152 Å². The number of carboxylic acids is 1. The number of aliphatic hydroxyl groups excluding tert-OH is 5. The number of carbonyl (C=O) groups is 2. The first-order valence-corrected chi connectivity index (χ1v) is 19.2. The van der Waals surface area contributed by atoms with Gasteiger partial charge in [0.05, 0.1) is 48.8 Å². The molecule has 3 rings (SSSR count). The van der Waals surface area contributed by atoms with Crippen LogP contribution in [0.4, 0.5) is 0 Å². The third kappa shape index (κ3) is 15.2. The number of carboxylic acid groups (broad SMARTS) is 1. The number of nitrogens with zero attached hydrogens (tertiary/aromatic N) is 1. The predicted molar refractivity (Wildman–Crippen MR) is 202 cm³/mol. The topological polar surface area (TPSA) is 268 Å². The Morgan fingerprint density at radius 3 is 2.20 bits per heavy atom. The summed E-state index contributed by atoms with van der Waals surface area (Å²) >= 11 is 0. The molecule has 3 aliphatic heterocycles. The molecule has 16 heteroatoms. The van der Waals surface area contributed by atoms with Crippen molar-refractivity contribution < 1.29 is 64.3 Å². The van der Waals surface area contributed by atoms with Crippen LogP contribution in [-0.2, 0) is 28.5 Å². The van der Waals surface area contributed by atoms with Gasteiger partial charge in [-0.2, -0.15) is 0 Å². The minimum absolute atomic E-state index is 0.000869. The number of aliphatic carboxylic acids is 1. The molecule has 0 amide bonds. The van der Waals surface area contributed by atoms with E-state index in [1.54, 1.807) is 56.4 Å². The summed E-state index contributed by atoms with van der Waals surface area (Å²) in [5.41, 5.74) is 11.6. The number of rotatable bonds is 10. The first-order valence-electron chi connectivity index (χ1n) is 19.2. The van der Waals surface area contributed by atoms with Crippen LogP contribution in [0.25, 0.3) is 0 Å². The van der Waals surface area contributed by atoms with Gasteiger partial charge in [-0.15, -0.1) is 0 Å². The van der Waals surface area contributed by atoms with Crippen molar-refractivity contribution in [1.82, 2.24) is 4.90 Å². The molecule has 16 nitrogen and oxygen atoms in total. The summed E-state index contributed by atoms with van der Waals surface area (Å²) in [7, 11) is 0. The van der Waals surface area contributed by atoms with Crippen molar-refractivity contribution in [3.05, 3.63) is 60.8 Å². The lowest BCUT2D eigenvalue weighted by Gasteiger charge is -2.47. The third-order valence-corrected chi connectivity index (χ3v) is 9.87. The first-order chi connectivity index (χ1) is 26.2. The molecule has 2 fully saturated rings. The zero-order valence-electron chi connectivity index (χ0n) is 31.9. The van der Waals surface area contributed by atoms with Gasteiger partial charge in [0.1, 0.15) is 18.1 Å². The van der Waals surface area contributed by atoms with E-state index >= 15 is 0 Å². The fourth-order valence-electron chi connectivity index (χ4n) is 7.15. The highest BCUT2D eigenvalue weighted by atomic mass is 16.7. The van der Waals surface area contributed by atoms with E-state index in [1.807, 2.05) is 11.0 Å². The number of nitrogens with two attached hydrogens (primary N) is 2. The largest absolute Gasteiger partial charge is 0.481 e. The van der Waals surface area contributed by atoms with E-state index in [9.17, 15) is 45.3 Å². The summed E-state index contributed by atoms with van der Waals surface area (Å²) in [5, 5.41) is 76.9. The maximum absolute atomic E-state index is 12.5. The van der Waals surface area contributed by atoms with Gasteiger partial charge in [0, 0.05) is 31.8 Å². The Hall–Kier alpha value is -2.84. The minimum atomic E-state index is -2.19. The smallest absolute Gasteiger partial charge is 0.330 e. The average molecular weight is 782 g/mol. The molecule has 3 aliphatic rings. The standard InChI is InChI=1S/C39H63N3O13/c1-25-13-8-6-4-3-5-7-9-15-29(54-38-36(48)34(35(47)26(2)53-38)42(19-11-17-40)20-12-18-41)22-31-33(37(49)50)30(45)24-39(51,55-31)23-28(44)21-27(43)14-10-16-32(46)52-25/h3-10,15-16,25-31,33-36,38,43-45,47-48,51H,11-14,17-24,40-41H2,1-2H3,(H,49,50)/b4-3+,7-5+,8-6+,15-9+,16-10+/t25?,26-,27?,28+,29?,30+,31?,33?,34+,35?,36+,38+,39?/m1/s1. The van der Waals surface area contributed by atoms with E-state index in [1.165, 1.54) is 12.2 Å². The Morgan fingerprint density at radius 2 is 1.55 bits per heavy atom. The van der Waals surface area contributed by atoms with Crippen LogP contribution in [0.5, 0.6) is 0 Å².